The van der Waals surface area contributed by atoms with E-state index in [-0.39, 0.29) is 20.0 Å². The molecule has 0 aliphatic rings. The van der Waals surface area contributed by atoms with Gasteiger partial charge in [-0.2, -0.15) is 0 Å². The van der Waals surface area contributed by atoms with Crippen LogP contribution in [0.4, 0.5) is 8.78 Å². The van der Waals surface area contributed by atoms with Gasteiger partial charge in [-0.1, -0.05) is 11.6 Å². The molecule has 82 valence electrons. The van der Waals surface area contributed by atoms with Crippen molar-refractivity contribution in [3.8, 4) is 0 Å². The number of aromatic nitrogens is 1. The number of ether oxygens (including phenoxy) is 1. The highest BCUT2D eigenvalue weighted by atomic mass is 127. The Kier molecular flexibility index (Phi) is 4.21. The molecule has 0 unspecified atom stereocenters. The molecule has 0 aliphatic heterocycles. The fourth-order valence-corrected chi connectivity index (χ4v) is 1.60. The Morgan fingerprint density at radius 1 is 1.67 bits per heavy atom. The van der Waals surface area contributed by atoms with Gasteiger partial charge in [0.05, 0.1) is 10.7 Å². The first-order valence-corrected chi connectivity index (χ1v) is 5.15. The van der Waals surface area contributed by atoms with E-state index in [4.69, 9.17) is 11.6 Å². The van der Waals surface area contributed by atoms with Gasteiger partial charge in [0, 0.05) is 5.56 Å². The number of pyridine rings is 1. The van der Waals surface area contributed by atoms with Gasteiger partial charge in [0.15, 0.2) is 5.69 Å². The van der Waals surface area contributed by atoms with E-state index in [1.807, 2.05) is 0 Å². The normalized spacial score (nSPS) is 10.5. The van der Waals surface area contributed by atoms with Crippen molar-refractivity contribution in [3.63, 3.8) is 0 Å². The van der Waals surface area contributed by atoms with Crippen LogP contribution in [0.5, 0.6) is 0 Å². The Bertz CT molecular complexity index is 400. The lowest BCUT2D eigenvalue weighted by molar-refractivity contribution is 0.0593. The first-order valence-electron chi connectivity index (χ1n) is 3.69. The highest BCUT2D eigenvalue weighted by Gasteiger charge is 2.19. The summed E-state index contributed by atoms with van der Waals surface area (Å²) in [6, 6.07) is 0.976. The molecule has 0 N–H and O–H groups in total. The van der Waals surface area contributed by atoms with Gasteiger partial charge in [-0.15, -0.1) is 0 Å². The maximum absolute atomic E-state index is 12.5. The average Bonchev–Trinajstić information content (AvgIpc) is 2.20. The summed E-state index contributed by atoms with van der Waals surface area (Å²) in [4.78, 5) is 14.7. The number of nitrogens with zero attached hydrogens (tertiary/aromatic N) is 1. The van der Waals surface area contributed by atoms with E-state index in [1.165, 1.54) is 0 Å². The van der Waals surface area contributed by atoms with Gasteiger partial charge in [0.2, 0.25) is 0 Å². The predicted octanol–water partition coefficient (Wildman–Crippen LogP) is 3.06. The maximum atomic E-state index is 12.5. The lowest BCUT2D eigenvalue weighted by atomic mass is 10.2. The molecule has 0 aliphatic carbocycles. The smallest absolute Gasteiger partial charge is 0.356 e. The van der Waals surface area contributed by atoms with Gasteiger partial charge in [-0.3, -0.25) is 0 Å². The number of hydrogen-bond acceptors (Lipinski definition) is 3. The van der Waals surface area contributed by atoms with Gasteiger partial charge < -0.3 is 4.74 Å². The van der Waals surface area contributed by atoms with Crippen LogP contribution in [-0.4, -0.2) is 18.1 Å². The Balaban J connectivity index is 3.29. The molecule has 15 heavy (non-hydrogen) atoms. The van der Waals surface area contributed by atoms with Gasteiger partial charge in [-0.05, 0) is 28.7 Å². The van der Waals surface area contributed by atoms with Crippen LogP contribution in [0.25, 0.3) is 0 Å². The molecule has 0 amide bonds. The summed E-state index contributed by atoms with van der Waals surface area (Å²) >= 11 is 7.25. The highest BCUT2D eigenvalue weighted by molar-refractivity contribution is 14.1. The molecule has 1 rings (SSSR count). The van der Waals surface area contributed by atoms with Crippen molar-refractivity contribution in [1.82, 2.24) is 4.98 Å². The first-order chi connectivity index (χ1) is 6.97. The van der Waals surface area contributed by atoms with Crippen LogP contribution in [0.3, 0.4) is 0 Å². The summed E-state index contributed by atoms with van der Waals surface area (Å²) in [5.74, 6) is -0.796. The molecule has 0 bridgehead atoms. The maximum Gasteiger partial charge on any atom is 0.356 e. The summed E-state index contributed by atoms with van der Waals surface area (Å²) in [5, 5.41) is -0.131. The molecular weight excluding hydrogens is 342 g/mol. The van der Waals surface area contributed by atoms with Crippen molar-refractivity contribution in [3.05, 3.63) is 26.0 Å². The fraction of sp³-hybridized carbons (Fsp3) is 0.250. The largest absolute Gasteiger partial charge is 0.464 e. The molecule has 0 atom stereocenters. The molecule has 0 aromatic carbocycles. The molecular formula is C8H5ClF2INO2. The second kappa shape index (κ2) is 5.02. The van der Waals surface area contributed by atoms with E-state index < -0.39 is 12.4 Å². The minimum absolute atomic E-state index is 0.131. The van der Waals surface area contributed by atoms with Gasteiger partial charge in [-0.25, -0.2) is 18.6 Å². The van der Waals surface area contributed by atoms with Crippen LogP contribution >= 0.6 is 34.2 Å². The zero-order valence-corrected chi connectivity index (χ0v) is 10.3. The lowest BCUT2D eigenvalue weighted by Crippen LogP contribution is -2.07. The Morgan fingerprint density at radius 2 is 2.27 bits per heavy atom. The summed E-state index contributed by atoms with van der Waals surface area (Å²) in [5.41, 5.74) is -0.547. The Hall–Kier alpha value is -0.500. The summed E-state index contributed by atoms with van der Waals surface area (Å²) in [6.45, 7) is 0. The van der Waals surface area contributed by atoms with Crippen LogP contribution in [0, 0.1) is 3.57 Å². The predicted molar refractivity (Wildman–Crippen MR) is 58.3 cm³/mol. The van der Waals surface area contributed by atoms with Crippen LogP contribution in [-0.2, 0) is 4.74 Å². The van der Waals surface area contributed by atoms with E-state index in [1.54, 1.807) is 22.6 Å². The summed E-state index contributed by atoms with van der Waals surface area (Å²) < 4.78 is 29.5. The number of rotatable bonds is 2. The number of alkyl halides is 2. The van der Waals surface area contributed by atoms with E-state index in [0.717, 1.165) is 13.2 Å². The molecule has 3 nitrogen and oxygen atoms in total. The molecule has 1 aromatic heterocycles. The van der Waals surface area contributed by atoms with Crippen LogP contribution in [0.2, 0.25) is 5.15 Å². The SMILES string of the molecule is COC(=O)c1cc(C(F)F)c(I)c(Cl)n1. The van der Waals surface area contributed by atoms with Crippen molar-refractivity contribution in [2.75, 3.05) is 7.11 Å². The second-order valence-corrected chi connectivity index (χ2v) is 3.93. The van der Waals surface area contributed by atoms with E-state index >= 15 is 0 Å². The molecule has 0 saturated heterocycles. The van der Waals surface area contributed by atoms with Crippen molar-refractivity contribution in [1.29, 1.82) is 0 Å². The van der Waals surface area contributed by atoms with Gasteiger partial charge in [0.1, 0.15) is 5.15 Å². The van der Waals surface area contributed by atoms with Crippen molar-refractivity contribution in [2.24, 2.45) is 0 Å². The number of carbonyl (C=O) groups is 1. The van der Waals surface area contributed by atoms with Gasteiger partial charge >= 0.3 is 5.97 Å². The zero-order chi connectivity index (χ0) is 11.6. The molecule has 1 aromatic rings. The van der Waals surface area contributed by atoms with Crippen molar-refractivity contribution >= 4 is 40.2 Å². The third-order valence-corrected chi connectivity index (χ3v) is 3.30. The standard InChI is InChI=1S/C8H5ClF2INO2/c1-15-8(14)4-2-3(7(10)11)5(12)6(9)13-4/h2,7H,1H3. The minimum atomic E-state index is -2.71. The second-order valence-electron chi connectivity index (χ2n) is 2.49. The fourth-order valence-electron chi connectivity index (χ4n) is 0.885. The number of hydrogen-bond donors (Lipinski definition) is 0. The molecule has 0 spiro atoms. The van der Waals surface area contributed by atoms with Crippen molar-refractivity contribution in [2.45, 2.75) is 6.43 Å². The van der Waals surface area contributed by atoms with Crippen molar-refractivity contribution < 1.29 is 18.3 Å². The first kappa shape index (κ1) is 12.6. The van der Waals surface area contributed by atoms with E-state index in [9.17, 15) is 13.6 Å². The third kappa shape index (κ3) is 2.75. The number of esters is 1. The lowest BCUT2D eigenvalue weighted by Gasteiger charge is -2.06. The number of methoxy groups -OCH3 is 1. The Morgan fingerprint density at radius 3 is 2.73 bits per heavy atom. The quantitative estimate of drug-likeness (QED) is 0.469. The highest BCUT2D eigenvalue weighted by Crippen LogP contribution is 2.29. The molecule has 0 fully saturated rings. The van der Waals surface area contributed by atoms with Crippen LogP contribution in [0.15, 0.2) is 6.07 Å². The summed E-state index contributed by atoms with van der Waals surface area (Å²) in [7, 11) is 1.14. The molecule has 0 radical (unpaired) electrons. The number of carbonyl (C=O) groups excluding carboxylic acids is 1. The average molecular weight is 347 g/mol. The summed E-state index contributed by atoms with van der Waals surface area (Å²) in [6.07, 6.45) is -2.71. The Labute approximate surface area is 103 Å². The zero-order valence-electron chi connectivity index (χ0n) is 7.43. The molecule has 7 heteroatoms. The van der Waals surface area contributed by atoms with Crippen LogP contribution < -0.4 is 0 Å². The van der Waals surface area contributed by atoms with Gasteiger partial charge in [0.25, 0.3) is 6.43 Å². The van der Waals surface area contributed by atoms with E-state index in [2.05, 4.69) is 9.72 Å². The third-order valence-electron chi connectivity index (χ3n) is 1.58. The topological polar surface area (TPSA) is 39.2 Å². The molecule has 0 saturated carbocycles. The monoisotopic (exact) mass is 347 g/mol. The molecule has 1 heterocycles. The minimum Gasteiger partial charge on any atom is -0.464 e. The van der Waals surface area contributed by atoms with Crippen LogP contribution in [0.1, 0.15) is 22.5 Å². The van der Waals surface area contributed by atoms with E-state index in [0.29, 0.717) is 0 Å². The number of halogens is 4.